The molecule has 5 nitrogen and oxygen atoms in total. The number of esters is 1. The minimum atomic E-state index is -0.451. The standard InChI is InChI=1S/C19H21NO4/c1-13(2)14-6-5-9-17(11-14)24-12-18(21)20-16-8-4-7-15(10-16)19(22)23-3/h4-11,13H,12H2,1-3H3,(H,20,21). The SMILES string of the molecule is COC(=O)c1cccc(NC(=O)COc2cccc(C(C)C)c2)c1. The minimum absolute atomic E-state index is 0.107. The molecule has 0 aliphatic carbocycles. The van der Waals surface area contributed by atoms with Crippen molar-refractivity contribution in [2.75, 3.05) is 19.0 Å². The van der Waals surface area contributed by atoms with Crippen molar-refractivity contribution < 1.29 is 19.1 Å². The molecule has 0 bridgehead atoms. The van der Waals surface area contributed by atoms with Gasteiger partial charge in [-0.3, -0.25) is 4.79 Å². The first-order valence-corrected chi connectivity index (χ1v) is 7.70. The summed E-state index contributed by atoms with van der Waals surface area (Å²) in [5.74, 6) is 0.294. The van der Waals surface area contributed by atoms with Crippen LogP contribution in [0.25, 0.3) is 0 Å². The molecular formula is C19H21NO4. The number of carbonyl (C=O) groups is 2. The van der Waals surface area contributed by atoms with Crippen LogP contribution >= 0.6 is 0 Å². The van der Waals surface area contributed by atoms with E-state index in [4.69, 9.17) is 4.74 Å². The highest BCUT2D eigenvalue weighted by Crippen LogP contribution is 2.20. The second kappa shape index (κ2) is 8.15. The third kappa shape index (κ3) is 4.84. The third-order valence-corrected chi connectivity index (χ3v) is 3.46. The Bertz CT molecular complexity index is 725. The molecule has 0 spiro atoms. The average Bonchev–Trinajstić information content (AvgIpc) is 2.59. The number of nitrogens with one attached hydrogen (secondary N) is 1. The van der Waals surface area contributed by atoms with Crippen molar-refractivity contribution in [2.24, 2.45) is 0 Å². The van der Waals surface area contributed by atoms with Crippen molar-refractivity contribution in [3.63, 3.8) is 0 Å². The van der Waals surface area contributed by atoms with Crippen molar-refractivity contribution in [2.45, 2.75) is 19.8 Å². The molecule has 1 N–H and O–H groups in total. The molecule has 126 valence electrons. The van der Waals surface area contributed by atoms with Crippen LogP contribution < -0.4 is 10.1 Å². The van der Waals surface area contributed by atoms with Gasteiger partial charge >= 0.3 is 5.97 Å². The Kier molecular flexibility index (Phi) is 5.95. The summed E-state index contributed by atoms with van der Waals surface area (Å²) in [5, 5.41) is 2.70. The normalized spacial score (nSPS) is 10.3. The molecule has 0 aromatic heterocycles. The van der Waals surface area contributed by atoms with Gasteiger partial charge in [0, 0.05) is 5.69 Å². The summed E-state index contributed by atoms with van der Waals surface area (Å²) in [6.07, 6.45) is 0. The fourth-order valence-corrected chi connectivity index (χ4v) is 2.15. The van der Waals surface area contributed by atoms with Crippen molar-refractivity contribution in [1.29, 1.82) is 0 Å². The lowest BCUT2D eigenvalue weighted by atomic mass is 10.0. The number of ether oxygens (including phenoxy) is 2. The Morgan fingerprint density at radius 2 is 1.83 bits per heavy atom. The quantitative estimate of drug-likeness (QED) is 0.823. The highest BCUT2D eigenvalue weighted by atomic mass is 16.5. The zero-order valence-electron chi connectivity index (χ0n) is 14.0. The Labute approximate surface area is 141 Å². The van der Waals surface area contributed by atoms with Gasteiger partial charge in [0.25, 0.3) is 5.91 Å². The van der Waals surface area contributed by atoms with E-state index in [9.17, 15) is 9.59 Å². The number of benzene rings is 2. The van der Waals surface area contributed by atoms with Gasteiger partial charge in [0.2, 0.25) is 0 Å². The Hall–Kier alpha value is -2.82. The molecule has 0 aliphatic heterocycles. The van der Waals surface area contributed by atoms with Gasteiger partial charge in [0.1, 0.15) is 5.75 Å². The Morgan fingerprint density at radius 3 is 2.54 bits per heavy atom. The van der Waals surface area contributed by atoms with Crippen LogP contribution in [0.4, 0.5) is 5.69 Å². The van der Waals surface area contributed by atoms with Gasteiger partial charge < -0.3 is 14.8 Å². The van der Waals surface area contributed by atoms with E-state index < -0.39 is 5.97 Å². The maximum absolute atomic E-state index is 12.0. The molecule has 0 saturated carbocycles. The summed E-state index contributed by atoms with van der Waals surface area (Å²) in [7, 11) is 1.31. The fraction of sp³-hybridized carbons (Fsp3) is 0.263. The van der Waals surface area contributed by atoms with E-state index in [1.165, 1.54) is 7.11 Å². The van der Waals surface area contributed by atoms with Crippen LogP contribution in [0.2, 0.25) is 0 Å². The van der Waals surface area contributed by atoms with E-state index in [1.807, 2.05) is 24.3 Å². The van der Waals surface area contributed by atoms with E-state index in [-0.39, 0.29) is 12.5 Å². The molecule has 2 rings (SSSR count). The van der Waals surface area contributed by atoms with Crippen LogP contribution in [0.15, 0.2) is 48.5 Å². The molecule has 5 heteroatoms. The summed E-state index contributed by atoms with van der Waals surface area (Å²) in [6.45, 7) is 4.09. The number of carbonyl (C=O) groups excluding carboxylic acids is 2. The van der Waals surface area contributed by atoms with Crippen LogP contribution in [0, 0.1) is 0 Å². The first-order valence-electron chi connectivity index (χ1n) is 7.70. The lowest BCUT2D eigenvalue weighted by molar-refractivity contribution is -0.118. The fourth-order valence-electron chi connectivity index (χ4n) is 2.15. The number of methoxy groups -OCH3 is 1. The molecule has 2 aromatic rings. The summed E-state index contributed by atoms with van der Waals surface area (Å²) in [4.78, 5) is 23.5. The smallest absolute Gasteiger partial charge is 0.337 e. The van der Waals surface area contributed by atoms with Gasteiger partial charge in [0.15, 0.2) is 6.61 Å². The number of hydrogen-bond acceptors (Lipinski definition) is 4. The van der Waals surface area contributed by atoms with Crippen molar-refractivity contribution in [3.05, 3.63) is 59.7 Å². The van der Waals surface area contributed by atoms with Crippen LogP contribution in [0.3, 0.4) is 0 Å². The predicted octanol–water partition coefficient (Wildman–Crippen LogP) is 3.61. The van der Waals surface area contributed by atoms with Crippen LogP contribution in [0.1, 0.15) is 35.7 Å². The molecule has 0 atom stereocenters. The average molecular weight is 327 g/mol. The van der Waals surface area contributed by atoms with E-state index in [2.05, 4.69) is 23.9 Å². The molecule has 0 aliphatic rings. The third-order valence-electron chi connectivity index (χ3n) is 3.46. The lowest BCUT2D eigenvalue weighted by Crippen LogP contribution is -2.20. The van der Waals surface area contributed by atoms with E-state index in [1.54, 1.807) is 24.3 Å². The number of anilines is 1. The van der Waals surface area contributed by atoms with Crippen LogP contribution in [-0.2, 0) is 9.53 Å². The van der Waals surface area contributed by atoms with Crippen molar-refractivity contribution in [1.82, 2.24) is 0 Å². The molecule has 0 fully saturated rings. The Balaban J connectivity index is 1.94. The molecule has 0 radical (unpaired) electrons. The molecule has 0 heterocycles. The molecule has 2 aromatic carbocycles. The first-order chi connectivity index (χ1) is 11.5. The Morgan fingerprint density at radius 1 is 1.08 bits per heavy atom. The second-order valence-corrected chi connectivity index (χ2v) is 5.64. The maximum Gasteiger partial charge on any atom is 0.337 e. The monoisotopic (exact) mass is 327 g/mol. The lowest BCUT2D eigenvalue weighted by Gasteiger charge is -2.10. The summed E-state index contributed by atoms with van der Waals surface area (Å²) in [5.41, 5.74) is 2.04. The molecule has 24 heavy (non-hydrogen) atoms. The van der Waals surface area contributed by atoms with Crippen LogP contribution in [-0.4, -0.2) is 25.6 Å². The van der Waals surface area contributed by atoms with E-state index in [0.717, 1.165) is 5.56 Å². The summed E-state index contributed by atoms with van der Waals surface area (Å²) >= 11 is 0. The van der Waals surface area contributed by atoms with Gasteiger partial charge in [-0.15, -0.1) is 0 Å². The first kappa shape index (κ1) is 17.5. The summed E-state index contributed by atoms with van der Waals surface area (Å²) in [6, 6.07) is 14.2. The summed E-state index contributed by atoms with van der Waals surface area (Å²) < 4.78 is 10.2. The number of amides is 1. The van der Waals surface area contributed by atoms with Gasteiger partial charge in [-0.05, 0) is 41.8 Å². The predicted molar refractivity (Wildman–Crippen MR) is 92.4 cm³/mol. The molecule has 0 unspecified atom stereocenters. The zero-order chi connectivity index (χ0) is 17.5. The van der Waals surface area contributed by atoms with Gasteiger partial charge in [0.05, 0.1) is 12.7 Å². The zero-order valence-corrected chi connectivity index (χ0v) is 14.0. The van der Waals surface area contributed by atoms with Crippen LogP contribution in [0.5, 0.6) is 5.75 Å². The number of rotatable bonds is 6. The molecule has 0 saturated heterocycles. The van der Waals surface area contributed by atoms with Gasteiger partial charge in [-0.1, -0.05) is 32.0 Å². The van der Waals surface area contributed by atoms with Gasteiger partial charge in [-0.25, -0.2) is 4.79 Å². The highest BCUT2D eigenvalue weighted by molar-refractivity contribution is 5.95. The van der Waals surface area contributed by atoms with Crippen molar-refractivity contribution >= 4 is 17.6 Å². The number of hydrogen-bond donors (Lipinski definition) is 1. The van der Waals surface area contributed by atoms with Crippen molar-refractivity contribution in [3.8, 4) is 5.75 Å². The molecular weight excluding hydrogens is 306 g/mol. The highest BCUT2D eigenvalue weighted by Gasteiger charge is 2.09. The van der Waals surface area contributed by atoms with Gasteiger partial charge in [-0.2, -0.15) is 0 Å². The largest absolute Gasteiger partial charge is 0.484 e. The molecule has 1 amide bonds. The minimum Gasteiger partial charge on any atom is -0.484 e. The second-order valence-electron chi connectivity index (χ2n) is 5.64. The van der Waals surface area contributed by atoms with E-state index >= 15 is 0 Å². The topological polar surface area (TPSA) is 64.6 Å². The van der Waals surface area contributed by atoms with E-state index in [0.29, 0.717) is 22.9 Å². The maximum atomic E-state index is 12.0.